The van der Waals surface area contributed by atoms with Crippen LogP contribution in [0.15, 0.2) is 95.2 Å². The quantitative estimate of drug-likeness (QED) is 0.118. The first-order chi connectivity index (χ1) is 20.9. The zero-order chi connectivity index (χ0) is 32.0. The molecule has 0 aliphatic carbocycles. The Morgan fingerprint density at radius 1 is 0.568 bits per heavy atom. The molecule has 0 aromatic heterocycles. The van der Waals surface area contributed by atoms with Gasteiger partial charge < -0.3 is 10.6 Å². The number of amides is 2. The third-order valence-corrected chi connectivity index (χ3v) is 5.80. The molecule has 2 N–H and O–H groups in total. The molecule has 18 nitrogen and oxygen atoms in total. The molecule has 0 spiro atoms. The smallest absolute Gasteiger partial charge is 0.289 e. The van der Waals surface area contributed by atoms with E-state index in [1.807, 2.05) is 0 Å². The molecule has 0 fully saturated rings. The van der Waals surface area contributed by atoms with Gasteiger partial charge in [-0.2, -0.15) is 5.11 Å². The molecular formula is C26H16N8O10. The third-order valence-electron chi connectivity index (χ3n) is 5.80. The third kappa shape index (κ3) is 6.83. The number of anilines is 2. The highest BCUT2D eigenvalue weighted by molar-refractivity contribution is 6.10. The second-order valence-electron chi connectivity index (χ2n) is 8.61. The lowest BCUT2D eigenvalue weighted by atomic mass is 10.1. The maximum atomic E-state index is 13.1. The van der Waals surface area contributed by atoms with E-state index in [4.69, 9.17) is 0 Å². The van der Waals surface area contributed by atoms with Gasteiger partial charge in [-0.05, 0) is 42.5 Å². The lowest BCUT2D eigenvalue weighted by Crippen LogP contribution is -2.16. The van der Waals surface area contributed by atoms with Gasteiger partial charge in [0.05, 0.1) is 43.2 Å². The monoisotopic (exact) mass is 600 g/mol. The molecule has 4 aromatic carbocycles. The Labute approximate surface area is 244 Å². The molecule has 4 aromatic rings. The van der Waals surface area contributed by atoms with Crippen LogP contribution in [0.3, 0.4) is 0 Å². The highest BCUT2D eigenvalue weighted by Crippen LogP contribution is 2.33. The van der Waals surface area contributed by atoms with E-state index in [0.29, 0.717) is 17.8 Å². The molecule has 0 saturated heterocycles. The summed E-state index contributed by atoms with van der Waals surface area (Å²) in [6, 6.07) is 17.1. The van der Waals surface area contributed by atoms with Crippen LogP contribution in [0.25, 0.3) is 0 Å². The number of non-ortho nitro benzene ring substituents is 2. The molecule has 0 heterocycles. The lowest BCUT2D eigenvalue weighted by Gasteiger charge is -2.12. The van der Waals surface area contributed by atoms with Gasteiger partial charge in [0.15, 0.2) is 0 Å². The fourth-order valence-electron chi connectivity index (χ4n) is 3.75. The van der Waals surface area contributed by atoms with Crippen LogP contribution in [0.4, 0.5) is 45.5 Å². The van der Waals surface area contributed by atoms with Crippen LogP contribution in [-0.2, 0) is 0 Å². The first-order valence-electron chi connectivity index (χ1n) is 12.0. The van der Waals surface area contributed by atoms with Crippen molar-refractivity contribution in [2.45, 2.75) is 0 Å². The molecule has 4 rings (SSSR count). The van der Waals surface area contributed by atoms with E-state index >= 15 is 0 Å². The maximum Gasteiger partial charge on any atom is 0.289 e. The van der Waals surface area contributed by atoms with Gasteiger partial charge in [-0.25, -0.2) is 0 Å². The van der Waals surface area contributed by atoms with Crippen molar-refractivity contribution in [2.24, 2.45) is 10.2 Å². The van der Waals surface area contributed by atoms with E-state index < -0.39 is 65.4 Å². The van der Waals surface area contributed by atoms with Gasteiger partial charge in [0.25, 0.3) is 34.6 Å². The summed E-state index contributed by atoms with van der Waals surface area (Å²) in [5, 5.41) is 58.1. The molecule has 0 radical (unpaired) electrons. The molecule has 2 amide bonds. The average Bonchev–Trinajstić information content (AvgIpc) is 3.00. The second-order valence-corrected chi connectivity index (χ2v) is 8.61. The predicted molar refractivity (Wildman–Crippen MR) is 152 cm³/mol. The summed E-state index contributed by atoms with van der Waals surface area (Å²) in [5.41, 5.74) is -3.63. The van der Waals surface area contributed by atoms with Gasteiger partial charge in [-0.1, -0.05) is 18.2 Å². The van der Waals surface area contributed by atoms with Gasteiger partial charge >= 0.3 is 0 Å². The fourth-order valence-corrected chi connectivity index (χ4v) is 3.75. The summed E-state index contributed by atoms with van der Waals surface area (Å²) in [6.07, 6.45) is 0. The first kappa shape index (κ1) is 30.0. The van der Waals surface area contributed by atoms with Gasteiger partial charge in [0, 0.05) is 17.8 Å². The molecular weight excluding hydrogens is 584 g/mol. The van der Waals surface area contributed by atoms with Crippen LogP contribution in [0, 0.1) is 40.5 Å². The summed E-state index contributed by atoms with van der Waals surface area (Å²) in [5.74, 6) is -2.08. The summed E-state index contributed by atoms with van der Waals surface area (Å²) < 4.78 is 0. The van der Waals surface area contributed by atoms with Crippen LogP contribution in [-0.4, -0.2) is 31.5 Å². The highest BCUT2D eigenvalue weighted by Gasteiger charge is 2.26. The van der Waals surface area contributed by atoms with Crippen LogP contribution in [0.2, 0.25) is 0 Å². The molecule has 220 valence electrons. The van der Waals surface area contributed by atoms with Crippen LogP contribution < -0.4 is 10.6 Å². The van der Waals surface area contributed by atoms with E-state index in [1.54, 1.807) is 30.3 Å². The number of nitro benzene ring substituents is 4. The molecule has 0 unspecified atom stereocenters. The number of nitro groups is 4. The van der Waals surface area contributed by atoms with Crippen molar-refractivity contribution in [3.63, 3.8) is 0 Å². The molecule has 18 heteroatoms. The molecule has 0 aliphatic heterocycles. The number of carbonyl (C=O) groups excluding carboxylic acids is 2. The molecule has 0 atom stereocenters. The zero-order valence-electron chi connectivity index (χ0n) is 21.8. The van der Waals surface area contributed by atoms with Crippen molar-refractivity contribution >= 4 is 57.3 Å². The highest BCUT2D eigenvalue weighted by atomic mass is 16.6. The zero-order valence-corrected chi connectivity index (χ0v) is 21.8. The van der Waals surface area contributed by atoms with Gasteiger partial charge in [-0.3, -0.25) is 50.0 Å². The minimum absolute atomic E-state index is 0.0195. The number of azo groups is 1. The average molecular weight is 600 g/mol. The van der Waals surface area contributed by atoms with E-state index in [2.05, 4.69) is 20.9 Å². The Hall–Kier alpha value is -6.98. The first-order valence-corrected chi connectivity index (χ1v) is 12.0. The number of nitrogens with one attached hydrogen (secondary N) is 2. The Balaban J connectivity index is 1.72. The minimum atomic E-state index is -1.06. The predicted octanol–water partition coefficient (Wildman–Crippen LogP) is 6.24. The van der Waals surface area contributed by atoms with Gasteiger partial charge in [0.1, 0.15) is 16.8 Å². The van der Waals surface area contributed by atoms with E-state index in [0.717, 1.165) is 24.3 Å². The summed E-state index contributed by atoms with van der Waals surface area (Å²) >= 11 is 0. The number of benzene rings is 4. The minimum Gasteiger partial charge on any atom is -0.322 e. The SMILES string of the molecule is O=C(Nc1ccc(N=Nc2ccccc2)c(NC(=O)c2ccc([N+](=O)[O-])cc2[N+](=O)[O-])c1)c1ccc([N+](=O)[O-])cc1[N+](=O)[O-]. The number of carbonyl (C=O) groups is 2. The number of nitrogens with zero attached hydrogens (tertiary/aromatic N) is 6. The molecule has 0 saturated carbocycles. The van der Waals surface area contributed by atoms with Crippen LogP contribution in [0.1, 0.15) is 20.7 Å². The lowest BCUT2D eigenvalue weighted by molar-refractivity contribution is -0.394. The topological polar surface area (TPSA) is 255 Å². The van der Waals surface area contributed by atoms with Crippen molar-refractivity contribution in [2.75, 3.05) is 10.6 Å². The number of hydrogen-bond donors (Lipinski definition) is 2. The van der Waals surface area contributed by atoms with Gasteiger partial charge in [0.2, 0.25) is 0 Å². The Morgan fingerprint density at radius 3 is 1.59 bits per heavy atom. The Kier molecular flexibility index (Phi) is 8.64. The van der Waals surface area contributed by atoms with Crippen molar-refractivity contribution < 1.29 is 29.3 Å². The van der Waals surface area contributed by atoms with E-state index in [1.165, 1.54) is 18.2 Å². The summed E-state index contributed by atoms with van der Waals surface area (Å²) in [7, 11) is 0. The van der Waals surface area contributed by atoms with Crippen molar-refractivity contribution in [3.8, 4) is 0 Å². The second kappa shape index (κ2) is 12.7. The van der Waals surface area contributed by atoms with Crippen LogP contribution >= 0.6 is 0 Å². The van der Waals surface area contributed by atoms with Crippen molar-refractivity contribution in [1.29, 1.82) is 0 Å². The summed E-state index contributed by atoms with van der Waals surface area (Å²) in [4.78, 5) is 67.5. The Bertz CT molecular complexity index is 1880. The fraction of sp³-hybridized carbons (Fsp3) is 0. The van der Waals surface area contributed by atoms with E-state index in [9.17, 15) is 50.0 Å². The standard InChI is InChI=1S/C26H16N8O10/c35-25(19-9-7-17(31(37)38)13-23(19)33(41)42)27-16-6-11-21(30-29-15-4-2-1-3-5-15)22(12-16)28-26(36)20-10-8-18(32(39)40)14-24(20)34(43)44/h1-14H,(H,27,35)(H,28,36). The summed E-state index contributed by atoms with van der Waals surface area (Å²) in [6.45, 7) is 0. The number of hydrogen-bond acceptors (Lipinski definition) is 12. The van der Waals surface area contributed by atoms with E-state index in [-0.39, 0.29) is 17.1 Å². The molecule has 44 heavy (non-hydrogen) atoms. The van der Waals surface area contributed by atoms with Crippen molar-refractivity contribution in [1.82, 2.24) is 0 Å². The van der Waals surface area contributed by atoms with Crippen molar-refractivity contribution in [3.05, 3.63) is 137 Å². The maximum absolute atomic E-state index is 13.1. The molecule has 0 bridgehead atoms. The van der Waals surface area contributed by atoms with Gasteiger partial charge in [-0.15, -0.1) is 5.11 Å². The normalized spacial score (nSPS) is 10.6. The van der Waals surface area contributed by atoms with Crippen LogP contribution in [0.5, 0.6) is 0 Å². The Morgan fingerprint density at radius 2 is 1.09 bits per heavy atom. The largest absolute Gasteiger partial charge is 0.322 e. The number of rotatable bonds is 10. The molecule has 0 aliphatic rings.